The smallest absolute Gasteiger partial charge is 0.359 e. The molecular formula is C12H16N4O3. The lowest BCUT2D eigenvalue weighted by atomic mass is 10.2. The fourth-order valence-electron chi connectivity index (χ4n) is 1.90. The molecule has 0 unspecified atom stereocenters. The third-order valence-electron chi connectivity index (χ3n) is 2.89. The van der Waals surface area contributed by atoms with E-state index in [0.717, 1.165) is 12.8 Å². The third-order valence-corrected chi connectivity index (χ3v) is 2.89. The van der Waals surface area contributed by atoms with Gasteiger partial charge in [-0.15, -0.1) is 0 Å². The van der Waals surface area contributed by atoms with Gasteiger partial charge in [0.1, 0.15) is 11.2 Å². The van der Waals surface area contributed by atoms with Crippen LogP contribution in [0.2, 0.25) is 0 Å². The summed E-state index contributed by atoms with van der Waals surface area (Å²) >= 11 is 0. The number of hydrogen-bond donors (Lipinski definition) is 1. The van der Waals surface area contributed by atoms with Crippen LogP contribution in [-0.4, -0.2) is 32.8 Å². The molecule has 0 saturated carbocycles. The second-order valence-electron chi connectivity index (χ2n) is 4.28. The number of nitrogens with one attached hydrogen (secondary N) is 1. The average molecular weight is 264 g/mol. The Labute approximate surface area is 109 Å². The van der Waals surface area contributed by atoms with E-state index in [-0.39, 0.29) is 16.6 Å². The molecule has 0 spiro atoms. The number of fused-ring (bicyclic) bond motifs is 1. The largest absolute Gasteiger partial charge is 0.464 e. The minimum Gasteiger partial charge on any atom is -0.464 e. The maximum atomic E-state index is 12.1. The van der Waals surface area contributed by atoms with Crippen molar-refractivity contribution in [3.8, 4) is 0 Å². The van der Waals surface area contributed by atoms with E-state index in [9.17, 15) is 9.59 Å². The molecule has 102 valence electrons. The van der Waals surface area contributed by atoms with Crippen molar-refractivity contribution in [1.29, 1.82) is 0 Å². The highest BCUT2D eigenvalue weighted by Crippen LogP contribution is 2.13. The molecule has 2 heterocycles. The zero-order valence-electron chi connectivity index (χ0n) is 11.2. The van der Waals surface area contributed by atoms with Gasteiger partial charge in [0.25, 0.3) is 5.56 Å². The Morgan fingerprint density at radius 3 is 2.84 bits per heavy atom. The number of ether oxygens (including phenoxy) is 1. The lowest BCUT2D eigenvalue weighted by Crippen LogP contribution is -2.14. The van der Waals surface area contributed by atoms with Crippen LogP contribution < -0.4 is 5.56 Å². The van der Waals surface area contributed by atoms with Crippen molar-refractivity contribution in [2.45, 2.75) is 26.2 Å². The van der Waals surface area contributed by atoms with E-state index in [0.29, 0.717) is 17.9 Å². The molecule has 2 aromatic heterocycles. The molecule has 0 aliphatic carbocycles. The van der Waals surface area contributed by atoms with Crippen molar-refractivity contribution in [3.05, 3.63) is 21.9 Å². The van der Waals surface area contributed by atoms with Crippen LogP contribution in [0, 0.1) is 0 Å². The van der Waals surface area contributed by atoms with Gasteiger partial charge < -0.3 is 9.72 Å². The first kappa shape index (κ1) is 13.3. The third kappa shape index (κ3) is 2.35. The number of H-pyrrole nitrogens is 1. The number of unbranched alkanes of at least 4 members (excludes halogenated alkanes) is 1. The summed E-state index contributed by atoms with van der Waals surface area (Å²) in [6.07, 6.45) is 2.65. The first-order valence-corrected chi connectivity index (χ1v) is 6.12. The summed E-state index contributed by atoms with van der Waals surface area (Å²) in [5, 5.41) is 4.18. The highest BCUT2D eigenvalue weighted by Gasteiger charge is 2.21. The number of rotatable bonds is 4. The SMILES string of the molecule is CCCCc1nc2c(c(C(=O)OC)nn2C)c(=O)[nH]1. The number of carbonyl (C=O) groups is 1. The van der Waals surface area contributed by atoms with Gasteiger partial charge in [0.15, 0.2) is 11.3 Å². The zero-order valence-corrected chi connectivity index (χ0v) is 11.2. The van der Waals surface area contributed by atoms with Crippen molar-refractivity contribution < 1.29 is 9.53 Å². The summed E-state index contributed by atoms with van der Waals surface area (Å²) in [5.74, 6) is -0.0297. The summed E-state index contributed by atoms with van der Waals surface area (Å²) in [6.45, 7) is 2.07. The molecule has 0 aliphatic heterocycles. The Balaban J connectivity index is 2.61. The van der Waals surface area contributed by atoms with Gasteiger partial charge >= 0.3 is 5.97 Å². The van der Waals surface area contributed by atoms with Crippen LogP contribution in [0.25, 0.3) is 11.0 Å². The van der Waals surface area contributed by atoms with Gasteiger partial charge in [-0.05, 0) is 6.42 Å². The lowest BCUT2D eigenvalue weighted by molar-refractivity contribution is 0.0595. The van der Waals surface area contributed by atoms with Gasteiger partial charge in [0.05, 0.1) is 7.11 Å². The van der Waals surface area contributed by atoms with E-state index in [2.05, 4.69) is 26.7 Å². The average Bonchev–Trinajstić information content (AvgIpc) is 2.73. The summed E-state index contributed by atoms with van der Waals surface area (Å²) in [6, 6.07) is 0. The Morgan fingerprint density at radius 1 is 1.47 bits per heavy atom. The maximum Gasteiger partial charge on any atom is 0.359 e. The Kier molecular flexibility index (Phi) is 3.64. The van der Waals surface area contributed by atoms with Crippen molar-refractivity contribution in [2.75, 3.05) is 7.11 Å². The van der Waals surface area contributed by atoms with E-state index in [1.807, 2.05) is 0 Å². The fourth-order valence-corrected chi connectivity index (χ4v) is 1.90. The second-order valence-corrected chi connectivity index (χ2v) is 4.28. The van der Waals surface area contributed by atoms with Crippen LogP contribution in [0.15, 0.2) is 4.79 Å². The molecule has 0 bridgehead atoms. The van der Waals surface area contributed by atoms with Gasteiger partial charge in [-0.1, -0.05) is 13.3 Å². The van der Waals surface area contributed by atoms with Crippen molar-refractivity contribution in [2.24, 2.45) is 7.05 Å². The molecule has 0 amide bonds. The number of carbonyl (C=O) groups excluding carboxylic acids is 1. The lowest BCUT2D eigenvalue weighted by Gasteiger charge is -2.00. The molecule has 0 radical (unpaired) electrons. The van der Waals surface area contributed by atoms with Gasteiger partial charge in [0.2, 0.25) is 0 Å². The number of aromatic nitrogens is 4. The predicted octanol–water partition coefficient (Wildman–Crippen LogP) is 0.786. The molecule has 0 aromatic carbocycles. The van der Waals surface area contributed by atoms with Crippen LogP contribution in [0.3, 0.4) is 0 Å². The number of hydrogen-bond acceptors (Lipinski definition) is 5. The van der Waals surface area contributed by atoms with E-state index in [1.54, 1.807) is 7.05 Å². The first-order valence-electron chi connectivity index (χ1n) is 6.12. The van der Waals surface area contributed by atoms with Crippen LogP contribution in [0.4, 0.5) is 0 Å². The predicted molar refractivity (Wildman–Crippen MR) is 69.1 cm³/mol. The normalized spacial score (nSPS) is 10.9. The first-order chi connectivity index (χ1) is 9.08. The molecule has 2 rings (SSSR count). The van der Waals surface area contributed by atoms with Crippen molar-refractivity contribution >= 4 is 17.0 Å². The van der Waals surface area contributed by atoms with E-state index in [4.69, 9.17) is 0 Å². The minimum atomic E-state index is -0.640. The number of aromatic amines is 1. The summed E-state index contributed by atoms with van der Waals surface area (Å²) < 4.78 is 6.04. The summed E-state index contributed by atoms with van der Waals surface area (Å²) in [5.41, 5.74) is 0.0376. The summed E-state index contributed by atoms with van der Waals surface area (Å²) in [4.78, 5) is 30.7. The van der Waals surface area contributed by atoms with Crippen LogP contribution in [0.5, 0.6) is 0 Å². The highest BCUT2D eigenvalue weighted by molar-refractivity contribution is 6.00. The molecule has 19 heavy (non-hydrogen) atoms. The molecular weight excluding hydrogens is 248 g/mol. The second kappa shape index (κ2) is 5.21. The summed E-state index contributed by atoms with van der Waals surface area (Å²) in [7, 11) is 2.89. The van der Waals surface area contributed by atoms with Crippen LogP contribution >= 0.6 is 0 Å². The number of esters is 1. The molecule has 7 nitrogen and oxygen atoms in total. The molecule has 0 saturated heterocycles. The highest BCUT2D eigenvalue weighted by atomic mass is 16.5. The minimum absolute atomic E-state index is 0.00390. The molecule has 1 N–H and O–H groups in total. The van der Waals surface area contributed by atoms with Gasteiger partial charge in [-0.3, -0.25) is 4.79 Å². The Hall–Kier alpha value is -2.18. The molecule has 0 aliphatic rings. The Bertz CT molecular complexity index is 671. The number of methoxy groups -OCH3 is 1. The topological polar surface area (TPSA) is 89.9 Å². The quantitative estimate of drug-likeness (QED) is 0.824. The van der Waals surface area contributed by atoms with Gasteiger partial charge in [-0.25, -0.2) is 14.5 Å². The molecule has 0 atom stereocenters. The molecule has 0 fully saturated rings. The molecule has 7 heteroatoms. The number of aryl methyl sites for hydroxylation is 2. The van der Waals surface area contributed by atoms with Gasteiger partial charge in [0, 0.05) is 13.5 Å². The number of nitrogens with zero attached hydrogens (tertiary/aromatic N) is 3. The fraction of sp³-hybridized carbons (Fsp3) is 0.500. The maximum absolute atomic E-state index is 12.1. The van der Waals surface area contributed by atoms with E-state index < -0.39 is 5.97 Å². The van der Waals surface area contributed by atoms with Crippen LogP contribution in [-0.2, 0) is 18.2 Å². The standard InChI is InChI=1S/C12H16N4O3/c1-4-5-6-7-13-10-8(11(17)14-7)9(12(18)19-3)15-16(10)2/h4-6H2,1-3H3,(H,13,14,17). The monoisotopic (exact) mass is 264 g/mol. The van der Waals surface area contributed by atoms with Crippen molar-refractivity contribution in [3.63, 3.8) is 0 Å². The van der Waals surface area contributed by atoms with Crippen molar-refractivity contribution in [1.82, 2.24) is 19.7 Å². The zero-order chi connectivity index (χ0) is 14.0. The van der Waals surface area contributed by atoms with E-state index in [1.165, 1.54) is 11.8 Å². The molecule has 2 aromatic rings. The Morgan fingerprint density at radius 2 is 2.21 bits per heavy atom. The van der Waals surface area contributed by atoms with E-state index >= 15 is 0 Å². The van der Waals surface area contributed by atoms with Gasteiger partial charge in [-0.2, -0.15) is 5.10 Å². The van der Waals surface area contributed by atoms with Crippen LogP contribution in [0.1, 0.15) is 36.1 Å².